The number of halogens is 1. The largest absolute Gasteiger partial charge is 0.660 e. The molecule has 0 bridgehead atoms. The van der Waals surface area contributed by atoms with E-state index in [9.17, 15) is 4.39 Å². The summed E-state index contributed by atoms with van der Waals surface area (Å²) in [5.74, 6) is 0.481. The molecule has 1 radical (unpaired) electrons. The molecule has 0 amide bonds. The van der Waals surface area contributed by atoms with E-state index in [1.807, 2.05) is 6.07 Å². The van der Waals surface area contributed by atoms with E-state index in [0.717, 1.165) is 38.3 Å². The first kappa shape index (κ1) is 18.5. The fraction of sp³-hybridized carbons (Fsp3) is 0.647. The molecule has 2 atom stereocenters. The summed E-state index contributed by atoms with van der Waals surface area (Å²) < 4.78 is 13.7. The molecule has 2 aliphatic heterocycles. The third-order valence-corrected chi connectivity index (χ3v) is 4.85. The van der Waals surface area contributed by atoms with Gasteiger partial charge in [0.25, 0.3) is 0 Å². The first-order valence-electron chi connectivity index (χ1n) is 8.11. The maximum Gasteiger partial charge on any atom is 0.123 e. The minimum absolute atomic E-state index is 0. The summed E-state index contributed by atoms with van der Waals surface area (Å²) in [6, 6.07) is 7.98. The molecule has 1 aromatic rings. The average Bonchev–Trinajstić information content (AvgIpc) is 2.51. The van der Waals surface area contributed by atoms with Crippen LogP contribution < -0.4 is 5.32 Å². The molecular formula is C17H25FN3Y-. The second-order valence-electron chi connectivity index (χ2n) is 6.30. The predicted molar refractivity (Wildman–Crippen MR) is 84.0 cm³/mol. The van der Waals surface area contributed by atoms with Gasteiger partial charge in [-0.25, -0.2) is 4.39 Å². The summed E-state index contributed by atoms with van der Waals surface area (Å²) in [6.07, 6.45) is 2.34. The molecule has 2 aliphatic rings. The van der Waals surface area contributed by atoms with Crippen molar-refractivity contribution in [3.05, 3.63) is 41.0 Å². The van der Waals surface area contributed by atoms with E-state index in [2.05, 4.69) is 28.5 Å². The Balaban J connectivity index is 0.00000176. The Morgan fingerprint density at radius 2 is 2.09 bits per heavy atom. The second-order valence-corrected chi connectivity index (χ2v) is 6.30. The minimum Gasteiger partial charge on any atom is -0.660 e. The molecule has 22 heavy (non-hydrogen) atoms. The van der Waals surface area contributed by atoms with Crippen LogP contribution in [0.15, 0.2) is 24.3 Å². The van der Waals surface area contributed by atoms with E-state index in [-0.39, 0.29) is 38.5 Å². The van der Waals surface area contributed by atoms with Crippen molar-refractivity contribution in [2.45, 2.75) is 31.8 Å². The van der Waals surface area contributed by atoms with Gasteiger partial charge in [0.2, 0.25) is 0 Å². The van der Waals surface area contributed by atoms with Gasteiger partial charge in [-0.15, -0.1) is 13.1 Å². The van der Waals surface area contributed by atoms with Crippen LogP contribution in [-0.4, -0.2) is 43.7 Å². The molecule has 0 aliphatic carbocycles. The second kappa shape index (κ2) is 8.84. The minimum atomic E-state index is -0.124. The Kier molecular flexibility index (Phi) is 7.42. The normalized spacial score (nSPS) is 25.5. The van der Waals surface area contributed by atoms with Crippen molar-refractivity contribution in [3.8, 4) is 0 Å². The Bertz CT molecular complexity index is 465. The molecular weight excluding hydrogens is 354 g/mol. The number of piperidine rings is 1. The monoisotopic (exact) mass is 379 g/mol. The van der Waals surface area contributed by atoms with Gasteiger partial charge in [-0.05, 0) is 62.1 Å². The quantitative estimate of drug-likeness (QED) is 0.875. The standard InChI is InChI=1S/C17H25FN3.Y/c1-13-12-20-9-10-21(13)17(14-5-7-19-8-6-14)15-3-2-4-16(18)11-15;/h2-4,11,13-14,17,19H,5-10,12H2,1H3;/q-1;/t13-,17?;/m0./s1. The molecule has 3 rings (SSSR count). The van der Waals surface area contributed by atoms with Gasteiger partial charge in [-0.1, -0.05) is 19.1 Å². The van der Waals surface area contributed by atoms with Gasteiger partial charge in [-0.3, -0.25) is 4.90 Å². The fourth-order valence-corrected chi connectivity index (χ4v) is 3.79. The SMILES string of the molecule is C[C@H]1C[N-]CCN1C(c1cccc(F)c1)C1CCNCC1.[Y]. The Morgan fingerprint density at radius 1 is 1.32 bits per heavy atom. The molecule has 0 saturated carbocycles. The number of hydrogen-bond acceptors (Lipinski definition) is 2. The zero-order chi connectivity index (χ0) is 14.7. The number of benzene rings is 1. The first-order chi connectivity index (χ1) is 10.3. The summed E-state index contributed by atoms with van der Waals surface area (Å²) >= 11 is 0. The molecule has 0 aromatic heterocycles. The Morgan fingerprint density at radius 3 is 2.77 bits per heavy atom. The molecule has 1 N–H and O–H groups in total. The van der Waals surface area contributed by atoms with Crippen LogP contribution in [0.5, 0.6) is 0 Å². The van der Waals surface area contributed by atoms with E-state index < -0.39 is 0 Å². The summed E-state index contributed by atoms with van der Waals surface area (Å²) in [5.41, 5.74) is 1.13. The van der Waals surface area contributed by atoms with Crippen LogP contribution in [0.1, 0.15) is 31.4 Å². The maximum absolute atomic E-state index is 13.7. The van der Waals surface area contributed by atoms with E-state index in [1.54, 1.807) is 6.07 Å². The van der Waals surface area contributed by atoms with E-state index in [1.165, 1.54) is 18.9 Å². The molecule has 2 fully saturated rings. The predicted octanol–water partition coefficient (Wildman–Crippen LogP) is 2.94. The van der Waals surface area contributed by atoms with E-state index in [0.29, 0.717) is 18.0 Å². The van der Waals surface area contributed by atoms with Crippen LogP contribution in [0.4, 0.5) is 4.39 Å². The average molecular weight is 379 g/mol. The van der Waals surface area contributed by atoms with Gasteiger partial charge in [0.1, 0.15) is 5.82 Å². The maximum atomic E-state index is 13.7. The van der Waals surface area contributed by atoms with Gasteiger partial charge in [0.05, 0.1) is 0 Å². The van der Waals surface area contributed by atoms with Crippen LogP contribution in [-0.2, 0) is 32.7 Å². The summed E-state index contributed by atoms with van der Waals surface area (Å²) in [5, 5.41) is 7.95. The van der Waals surface area contributed by atoms with Crippen LogP contribution in [0.3, 0.4) is 0 Å². The van der Waals surface area contributed by atoms with Crippen LogP contribution in [0, 0.1) is 11.7 Å². The molecule has 1 aromatic carbocycles. The fourth-order valence-electron chi connectivity index (χ4n) is 3.79. The zero-order valence-corrected chi connectivity index (χ0v) is 16.2. The van der Waals surface area contributed by atoms with Crippen LogP contribution >= 0.6 is 0 Å². The summed E-state index contributed by atoms with van der Waals surface area (Å²) in [6.45, 7) is 7.19. The molecule has 0 spiro atoms. The van der Waals surface area contributed by atoms with Crippen molar-refractivity contribution >= 4 is 0 Å². The van der Waals surface area contributed by atoms with E-state index in [4.69, 9.17) is 0 Å². The smallest absolute Gasteiger partial charge is 0.123 e. The molecule has 5 heteroatoms. The molecule has 2 saturated heterocycles. The Labute approximate surface area is 158 Å². The van der Waals surface area contributed by atoms with Crippen molar-refractivity contribution in [3.63, 3.8) is 0 Å². The molecule has 119 valence electrons. The number of piperazine rings is 1. The van der Waals surface area contributed by atoms with Crippen molar-refractivity contribution in [1.82, 2.24) is 10.2 Å². The summed E-state index contributed by atoms with van der Waals surface area (Å²) in [4.78, 5) is 2.55. The number of hydrogen-bond donors (Lipinski definition) is 1. The van der Waals surface area contributed by atoms with Gasteiger partial charge in [-0.2, -0.15) is 0 Å². The van der Waals surface area contributed by atoms with Crippen molar-refractivity contribution < 1.29 is 37.1 Å². The third kappa shape index (κ3) is 4.36. The van der Waals surface area contributed by atoms with Crippen molar-refractivity contribution in [2.24, 2.45) is 5.92 Å². The topological polar surface area (TPSA) is 29.4 Å². The Hall–Kier alpha value is 0.134. The number of rotatable bonds is 3. The van der Waals surface area contributed by atoms with Crippen molar-refractivity contribution in [2.75, 3.05) is 32.7 Å². The van der Waals surface area contributed by atoms with Gasteiger partial charge < -0.3 is 10.6 Å². The van der Waals surface area contributed by atoms with E-state index >= 15 is 0 Å². The number of nitrogens with one attached hydrogen (secondary N) is 1. The van der Waals surface area contributed by atoms with Gasteiger partial charge >= 0.3 is 0 Å². The van der Waals surface area contributed by atoms with Gasteiger partial charge in [0.15, 0.2) is 0 Å². The number of nitrogens with zero attached hydrogens (tertiary/aromatic N) is 2. The third-order valence-electron chi connectivity index (χ3n) is 4.85. The first-order valence-corrected chi connectivity index (χ1v) is 8.11. The zero-order valence-electron chi connectivity index (χ0n) is 13.3. The van der Waals surface area contributed by atoms with Gasteiger partial charge in [0, 0.05) is 38.8 Å². The van der Waals surface area contributed by atoms with Crippen molar-refractivity contribution in [1.29, 1.82) is 0 Å². The van der Waals surface area contributed by atoms with Crippen LogP contribution in [0.2, 0.25) is 0 Å². The summed E-state index contributed by atoms with van der Waals surface area (Å²) in [7, 11) is 0. The van der Waals surface area contributed by atoms with Crippen LogP contribution in [0.25, 0.3) is 5.32 Å². The molecule has 3 nitrogen and oxygen atoms in total. The molecule has 2 heterocycles. The molecule has 1 unspecified atom stereocenters.